The Labute approximate surface area is 159 Å². The van der Waals surface area contributed by atoms with Crippen molar-refractivity contribution >= 4 is 24.5 Å². The maximum Gasteiger partial charge on any atom is 0.229 e. The van der Waals surface area contributed by atoms with Gasteiger partial charge in [-0.3, -0.25) is 10.1 Å². The average molecular weight is 368 g/mol. The number of rotatable bonds is 6. The van der Waals surface area contributed by atoms with E-state index in [1.807, 2.05) is 4.57 Å². The van der Waals surface area contributed by atoms with Crippen LogP contribution in [0.5, 0.6) is 0 Å². The lowest BCUT2D eigenvalue weighted by atomic mass is 9.72. The molecule has 27 heavy (non-hydrogen) atoms. The van der Waals surface area contributed by atoms with Crippen LogP contribution >= 0.6 is 0 Å². The van der Waals surface area contributed by atoms with Crippen LogP contribution in [0.4, 0.5) is 5.95 Å². The molecule has 1 heterocycles. The van der Waals surface area contributed by atoms with Gasteiger partial charge in [-0.2, -0.15) is 5.26 Å². The maximum atomic E-state index is 12.6. The van der Waals surface area contributed by atoms with Crippen molar-refractivity contribution in [3.05, 3.63) is 22.3 Å². The number of amides is 1. The number of anilines is 1. The van der Waals surface area contributed by atoms with Crippen molar-refractivity contribution in [1.82, 2.24) is 9.55 Å². The SMILES string of the molecule is C=c1/c(=C\C=C(/C)C#N)nc(NC(=O)CC(C)(O)C2CCC2)n1C1CCC1. The number of aliphatic hydroxyl groups is 1. The molecule has 0 aromatic carbocycles. The van der Waals surface area contributed by atoms with Gasteiger partial charge >= 0.3 is 0 Å². The number of nitrogens with one attached hydrogen (secondary N) is 1. The zero-order valence-corrected chi connectivity index (χ0v) is 16.2. The van der Waals surface area contributed by atoms with Gasteiger partial charge in [0.05, 0.1) is 28.8 Å². The van der Waals surface area contributed by atoms with Crippen LogP contribution in [0.15, 0.2) is 11.6 Å². The van der Waals surface area contributed by atoms with E-state index in [1.165, 1.54) is 0 Å². The van der Waals surface area contributed by atoms with Gasteiger partial charge in [0.1, 0.15) is 0 Å². The standard InChI is InChI=1S/C21H28N4O2/c1-14(13-22)10-11-18-15(2)25(17-8-5-9-17)20(23-18)24-19(26)12-21(3,27)16-6-4-7-16/h10-11,16-17,27H,2,4-9,12H2,1,3H3,(H,23,24,26)/b14-10+,18-11+. The molecule has 1 amide bonds. The van der Waals surface area contributed by atoms with Crippen molar-refractivity contribution in [3.63, 3.8) is 0 Å². The first kappa shape index (κ1) is 19.4. The second kappa shape index (κ2) is 7.69. The highest BCUT2D eigenvalue weighted by Crippen LogP contribution is 2.38. The van der Waals surface area contributed by atoms with Crippen LogP contribution in [-0.4, -0.2) is 26.2 Å². The minimum atomic E-state index is -0.981. The second-order valence-corrected chi connectivity index (χ2v) is 8.06. The van der Waals surface area contributed by atoms with E-state index >= 15 is 0 Å². The summed E-state index contributed by atoms with van der Waals surface area (Å²) in [5, 5.41) is 23.8. The summed E-state index contributed by atoms with van der Waals surface area (Å²) in [6.07, 6.45) is 9.82. The summed E-state index contributed by atoms with van der Waals surface area (Å²) in [6.45, 7) is 7.61. The fourth-order valence-electron chi connectivity index (χ4n) is 3.65. The summed E-state index contributed by atoms with van der Waals surface area (Å²) in [5.74, 6) is 0.446. The second-order valence-electron chi connectivity index (χ2n) is 8.06. The molecule has 3 rings (SSSR count). The van der Waals surface area contributed by atoms with E-state index in [0.717, 1.165) is 43.9 Å². The number of nitriles is 1. The van der Waals surface area contributed by atoms with Crippen molar-refractivity contribution in [2.75, 3.05) is 5.32 Å². The van der Waals surface area contributed by atoms with Crippen molar-refractivity contribution in [2.45, 2.75) is 70.4 Å². The van der Waals surface area contributed by atoms with E-state index in [9.17, 15) is 9.90 Å². The van der Waals surface area contributed by atoms with Gasteiger partial charge in [0.15, 0.2) is 0 Å². The van der Waals surface area contributed by atoms with Crippen molar-refractivity contribution in [3.8, 4) is 6.07 Å². The summed E-state index contributed by atoms with van der Waals surface area (Å²) < 4.78 is 1.99. The number of allylic oxidation sites excluding steroid dienone is 2. The topological polar surface area (TPSA) is 90.9 Å². The third-order valence-electron chi connectivity index (χ3n) is 5.90. The van der Waals surface area contributed by atoms with Gasteiger partial charge in [0, 0.05) is 11.6 Å². The number of imidazole rings is 1. The molecule has 1 aromatic rings. The molecule has 2 aliphatic rings. The number of aromatic nitrogens is 2. The Morgan fingerprint density at radius 2 is 2.11 bits per heavy atom. The molecule has 0 spiro atoms. The Morgan fingerprint density at radius 3 is 2.63 bits per heavy atom. The Balaban J connectivity index is 1.84. The molecule has 0 radical (unpaired) electrons. The molecular formula is C21H28N4O2. The minimum absolute atomic E-state index is 0.0637. The van der Waals surface area contributed by atoms with Crippen LogP contribution in [0.3, 0.4) is 0 Å². The highest BCUT2D eigenvalue weighted by atomic mass is 16.3. The maximum absolute atomic E-state index is 12.6. The molecule has 2 fully saturated rings. The lowest BCUT2D eigenvalue weighted by molar-refractivity contribution is -0.124. The van der Waals surface area contributed by atoms with Gasteiger partial charge in [-0.25, -0.2) is 4.98 Å². The Bertz CT molecular complexity index is 896. The predicted octanol–water partition coefficient (Wildman–Crippen LogP) is 2.15. The van der Waals surface area contributed by atoms with Crippen LogP contribution < -0.4 is 16.0 Å². The van der Waals surface area contributed by atoms with Crippen molar-refractivity contribution in [1.29, 1.82) is 5.26 Å². The summed E-state index contributed by atoms with van der Waals surface area (Å²) in [5.41, 5.74) is -0.403. The van der Waals surface area contributed by atoms with E-state index in [1.54, 1.807) is 26.0 Å². The van der Waals surface area contributed by atoms with E-state index in [4.69, 9.17) is 5.26 Å². The van der Waals surface area contributed by atoms with Crippen LogP contribution in [-0.2, 0) is 4.79 Å². The number of carbonyl (C=O) groups excluding carboxylic acids is 1. The lowest BCUT2D eigenvalue weighted by Gasteiger charge is -2.38. The largest absolute Gasteiger partial charge is 0.389 e. The summed E-state index contributed by atoms with van der Waals surface area (Å²) in [4.78, 5) is 17.1. The molecule has 1 unspecified atom stereocenters. The number of hydrogen-bond acceptors (Lipinski definition) is 4. The van der Waals surface area contributed by atoms with Crippen LogP contribution in [0, 0.1) is 17.2 Å². The third-order valence-corrected chi connectivity index (χ3v) is 5.90. The molecule has 6 heteroatoms. The van der Waals surface area contributed by atoms with E-state index in [-0.39, 0.29) is 24.3 Å². The molecular weight excluding hydrogens is 340 g/mol. The Morgan fingerprint density at radius 1 is 1.44 bits per heavy atom. The summed E-state index contributed by atoms with van der Waals surface area (Å²) in [7, 11) is 0. The van der Waals surface area contributed by atoms with E-state index in [2.05, 4.69) is 22.9 Å². The Hall–Kier alpha value is -2.39. The van der Waals surface area contributed by atoms with Crippen LogP contribution in [0.2, 0.25) is 0 Å². The fraction of sp³-hybridized carbons (Fsp3) is 0.571. The monoisotopic (exact) mass is 368 g/mol. The molecule has 144 valence electrons. The quantitative estimate of drug-likeness (QED) is 0.753. The van der Waals surface area contributed by atoms with Crippen LogP contribution in [0.1, 0.15) is 64.8 Å². The Kier molecular flexibility index (Phi) is 5.52. The van der Waals surface area contributed by atoms with Gasteiger partial charge in [-0.1, -0.05) is 13.0 Å². The lowest BCUT2D eigenvalue weighted by Crippen LogP contribution is -2.42. The van der Waals surface area contributed by atoms with Gasteiger partial charge in [-0.15, -0.1) is 0 Å². The first-order chi connectivity index (χ1) is 12.8. The predicted molar refractivity (Wildman–Crippen MR) is 105 cm³/mol. The van der Waals surface area contributed by atoms with E-state index < -0.39 is 5.60 Å². The highest BCUT2D eigenvalue weighted by Gasteiger charge is 2.38. The van der Waals surface area contributed by atoms with Crippen molar-refractivity contribution in [2.24, 2.45) is 5.92 Å². The minimum Gasteiger partial charge on any atom is -0.389 e. The molecule has 2 saturated carbocycles. The fourth-order valence-corrected chi connectivity index (χ4v) is 3.65. The first-order valence-electron chi connectivity index (χ1n) is 9.70. The first-order valence-corrected chi connectivity index (χ1v) is 9.70. The smallest absolute Gasteiger partial charge is 0.229 e. The summed E-state index contributed by atoms with van der Waals surface area (Å²) >= 11 is 0. The zero-order valence-electron chi connectivity index (χ0n) is 16.2. The summed E-state index contributed by atoms with van der Waals surface area (Å²) in [6, 6.07) is 2.37. The third kappa shape index (κ3) is 4.14. The van der Waals surface area contributed by atoms with Crippen LogP contribution in [0.25, 0.3) is 12.7 Å². The van der Waals surface area contributed by atoms with Gasteiger partial charge < -0.3 is 9.67 Å². The number of carbonyl (C=O) groups is 1. The molecule has 0 saturated heterocycles. The van der Waals surface area contributed by atoms with E-state index in [0.29, 0.717) is 16.9 Å². The number of hydrogen-bond donors (Lipinski definition) is 2. The molecule has 0 aliphatic heterocycles. The normalized spacial score (nSPS) is 21.1. The van der Waals surface area contributed by atoms with Gasteiger partial charge in [0.25, 0.3) is 0 Å². The van der Waals surface area contributed by atoms with Gasteiger partial charge in [0.2, 0.25) is 11.9 Å². The van der Waals surface area contributed by atoms with Crippen molar-refractivity contribution < 1.29 is 9.90 Å². The van der Waals surface area contributed by atoms with Gasteiger partial charge in [-0.05, 0) is 64.0 Å². The molecule has 2 aliphatic carbocycles. The molecule has 2 N–H and O–H groups in total. The average Bonchev–Trinajstić information content (AvgIpc) is 2.77. The highest BCUT2D eigenvalue weighted by molar-refractivity contribution is 5.89. The molecule has 1 aromatic heterocycles. The molecule has 1 atom stereocenters. The number of nitrogens with zero attached hydrogens (tertiary/aromatic N) is 3. The molecule has 0 bridgehead atoms. The molecule has 6 nitrogen and oxygen atoms in total. The zero-order chi connectivity index (χ0) is 19.6.